The third-order valence-electron chi connectivity index (χ3n) is 7.87. The van der Waals surface area contributed by atoms with Crippen molar-refractivity contribution in [2.75, 3.05) is 13.1 Å². The Morgan fingerprint density at radius 1 is 1.17 bits per heavy atom. The quantitative estimate of drug-likeness (QED) is 0.464. The van der Waals surface area contributed by atoms with Gasteiger partial charge in [0.15, 0.2) is 5.65 Å². The zero-order chi connectivity index (χ0) is 20.8. The lowest BCUT2D eigenvalue weighted by atomic mass is 9.56. The number of H-pyrrole nitrogens is 1. The lowest BCUT2D eigenvalue weighted by Gasteiger charge is -2.56. The highest BCUT2D eigenvalue weighted by Crippen LogP contribution is 2.58. The minimum atomic E-state index is 0.446. The Kier molecular flexibility index (Phi) is 3.82. The smallest absolute Gasteiger partial charge is 0.158 e. The van der Waals surface area contributed by atoms with Gasteiger partial charge in [-0.25, -0.2) is 9.50 Å². The molecule has 5 nitrogen and oxygen atoms in total. The molecule has 1 aliphatic heterocycles. The Morgan fingerprint density at radius 2 is 1.97 bits per heavy atom. The minimum absolute atomic E-state index is 0.446. The van der Waals surface area contributed by atoms with Crippen LogP contribution in [0.2, 0.25) is 0 Å². The summed E-state index contributed by atoms with van der Waals surface area (Å²) in [4.78, 5) is 11.2. The molecular formula is C24H29N5S. The summed E-state index contributed by atoms with van der Waals surface area (Å²) in [5.41, 5.74) is 9.42. The average molecular weight is 420 g/mol. The van der Waals surface area contributed by atoms with Gasteiger partial charge in [-0.1, -0.05) is 13.8 Å². The molecule has 1 aliphatic carbocycles. The largest absolute Gasteiger partial charge is 0.346 e. The summed E-state index contributed by atoms with van der Waals surface area (Å²) in [5, 5.41) is 9.40. The predicted molar refractivity (Wildman–Crippen MR) is 124 cm³/mol. The Balaban J connectivity index is 1.56. The zero-order valence-corrected chi connectivity index (χ0v) is 19.2. The maximum atomic E-state index is 4.43. The lowest BCUT2D eigenvalue weighted by molar-refractivity contribution is 0.0269. The Bertz CT molecular complexity index is 1300. The van der Waals surface area contributed by atoms with E-state index in [4.69, 9.17) is 0 Å². The normalized spacial score (nSPS) is 20.4. The van der Waals surface area contributed by atoms with Gasteiger partial charge in [0, 0.05) is 46.4 Å². The van der Waals surface area contributed by atoms with Gasteiger partial charge in [-0.2, -0.15) is 5.10 Å². The van der Waals surface area contributed by atoms with Crippen LogP contribution in [0.5, 0.6) is 0 Å². The van der Waals surface area contributed by atoms with E-state index in [1.807, 2.05) is 15.9 Å². The summed E-state index contributed by atoms with van der Waals surface area (Å²) in [7, 11) is 0. The van der Waals surface area contributed by atoms with E-state index in [1.165, 1.54) is 69.7 Å². The monoisotopic (exact) mass is 419 g/mol. The molecule has 30 heavy (non-hydrogen) atoms. The van der Waals surface area contributed by atoms with Crippen LogP contribution in [-0.4, -0.2) is 32.7 Å². The summed E-state index contributed by atoms with van der Waals surface area (Å²) >= 11 is 2.00. The van der Waals surface area contributed by atoms with Crippen LogP contribution in [0.1, 0.15) is 65.7 Å². The van der Waals surface area contributed by atoms with Crippen molar-refractivity contribution in [2.45, 2.75) is 59.3 Å². The molecule has 0 amide bonds. The Hall–Kier alpha value is -2.18. The number of hydrogen-bond donors (Lipinski definition) is 2. The van der Waals surface area contributed by atoms with Crippen LogP contribution in [0.15, 0.2) is 12.5 Å². The van der Waals surface area contributed by atoms with Crippen LogP contribution < -0.4 is 5.32 Å². The molecule has 0 radical (unpaired) electrons. The molecule has 1 saturated carbocycles. The first kappa shape index (κ1) is 18.6. The molecule has 4 aromatic rings. The molecule has 156 valence electrons. The molecule has 1 unspecified atom stereocenters. The van der Waals surface area contributed by atoms with Gasteiger partial charge in [-0.3, -0.25) is 0 Å². The second kappa shape index (κ2) is 6.17. The van der Waals surface area contributed by atoms with Crippen molar-refractivity contribution in [1.29, 1.82) is 0 Å². The number of aromatic nitrogens is 4. The molecule has 2 fully saturated rings. The van der Waals surface area contributed by atoms with E-state index in [-0.39, 0.29) is 0 Å². The second-order valence-corrected chi connectivity index (χ2v) is 10.8. The van der Waals surface area contributed by atoms with Gasteiger partial charge in [0.05, 0.1) is 5.69 Å². The van der Waals surface area contributed by atoms with Gasteiger partial charge in [0.25, 0.3) is 0 Å². The summed E-state index contributed by atoms with van der Waals surface area (Å²) in [6, 6.07) is 0. The highest BCUT2D eigenvalue weighted by Gasteiger charge is 2.52. The number of aryl methyl sites for hydroxylation is 2. The van der Waals surface area contributed by atoms with Crippen LogP contribution in [0.25, 0.3) is 27.1 Å². The highest BCUT2D eigenvalue weighted by molar-refractivity contribution is 7.19. The third kappa shape index (κ3) is 2.26. The maximum absolute atomic E-state index is 4.43. The van der Waals surface area contributed by atoms with Crippen LogP contribution in [0.3, 0.4) is 0 Å². The topological polar surface area (TPSA) is 58.0 Å². The highest BCUT2D eigenvalue weighted by atomic mass is 32.1. The number of thiophene rings is 1. The molecule has 5 heterocycles. The SMILES string of the molecule is Cc1c(-c2[nH]c3sc(C4CCC45CNC5)c(C)c3c2C(C)C)cn2ncnc2c1C. The Morgan fingerprint density at radius 3 is 2.60 bits per heavy atom. The summed E-state index contributed by atoms with van der Waals surface area (Å²) in [5.74, 6) is 1.19. The van der Waals surface area contributed by atoms with E-state index in [9.17, 15) is 0 Å². The van der Waals surface area contributed by atoms with Crippen molar-refractivity contribution in [3.63, 3.8) is 0 Å². The van der Waals surface area contributed by atoms with E-state index in [0.29, 0.717) is 11.3 Å². The van der Waals surface area contributed by atoms with E-state index in [2.05, 4.69) is 61.2 Å². The third-order valence-corrected chi connectivity index (χ3v) is 9.20. The molecule has 0 aromatic carbocycles. The summed E-state index contributed by atoms with van der Waals surface area (Å²) in [6.45, 7) is 13.7. The number of pyridine rings is 1. The van der Waals surface area contributed by atoms with E-state index >= 15 is 0 Å². The number of rotatable bonds is 3. The van der Waals surface area contributed by atoms with Crippen molar-refractivity contribution >= 4 is 27.2 Å². The molecule has 4 aromatic heterocycles. The van der Waals surface area contributed by atoms with Gasteiger partial charge in [-0.05, 0) is 61.8 Å². The van der Waals surface area contributed by atoms with Crippen LogP contribution in [0.4, 0.5) is 0 Å². The molecule has 2 aliphatic rings. The average Bonchev–Trinajstić information content (AvgIpc) is 3.32. The molecule has 1 atom stereocenters. The van der Waals surface area contributed by atoms with Gasteiger partial charge in [0.1, 0.15) is 11.2 Å². The van der Waals surface area contributed by atoms with E-state index in [0.717, 1.165) is 11.6 Å². The van der Waals surface area contributed by atoms with Gasteiger partial charge < -0.3 is 10.3 Å². The first-order valence-electron chi connectivity index (χ1n) is 11.1. The molecule has 6 rings (SSSR count). The van der Waals surface area contributed by atoms with Crippen molar-refractivity contribution < 1.29 is 0 Å². The first-order valence-corrected chi connectivity index (χ1v) is 11.9. The molecule has 1 saturated heterocycles. The van der Waals surface area contributed by atoms with Crippen molar-refractivity contribution in [2.24, 2.45) is 5.41 Å². The lowest BCUT2D eigenvalue weighted by Crippen LogP contribution is -2.61. The molecule has 0 bridgehead atoms. The zero-order valence-electron chi connectivity index (χ0n) is 18.4. The Labute approximate surface area is 180 Å². The van der Waals surface area contributed by atoms with Gasteiger partial charge >= 0.3 is 0 Å². The maximum Gasteiger partial charge on any atom is 0.158 e. The van der Waals surface area contributed by atoms with Crippen LogP contribution >= 0.6 is 11.3 Å². The number of fused-ring (bicyclic) bond motifs is 2. The molecular weight excluding hydrogens is 390 g/mol. The fourth-order valence-electron chi connectivity index (χ4n) is 5.80. The van der Waals surface area contributed by atoms with E-state index in [1.54, 1.807) is 11.2 Å². The van der Waals surface area contributed by atoms with Crippen LogP contribution in [-0.2, 0) is 0 Å². The summed E-state index contributed by atoms with van der Waals surface area (Å²) in [6.07, 6.45) is 6.51. The fraction of sp³-hybridized carbons (Fsp3) is 0.500. The molecule has 6 heteroatoms. The van der Waals surface area contributed by atoms with E-state index < -0.39 is 0 Å². The molecule has 1 spiro atoms. The summed E-state index contributed by atoms with van der Waals surface area (Å²) < 4.78 is 1.91. The van der Waals surface area contributed by atoms with Crippen molar-refractivity contribution in [3.8, 4) is 11.3 Å². The fourth-order valence-corrected chi connectivity index (χ4v) is 7.30. The first-order chi connectivity index (χ1) is 14.4. The van der Waals surface area contributed by atoms with Gasteiger partial charge in [0.2, 0.25) is 0 Å². The van der Waals surface area contributed by atoms with Crippen LogP contribution in [0, 0.1) is 26.2 Å². The minimum Gasteiger partial charge on any atom is -0.346 e. The number of aromatic amines is 1. The molecule has 2 N–H and O–H groups in total. The predicted octanol–water partition coefficient (Wildman–Crippen LogP) is 5.45. The second-order valence-electron chi connectivity index (χ2n) is 9.74. The number of hydrogen-bond acceptors (Lipinski definition) is 4. The van der Waals surface area contributed by atoms with Crippen molar-refractivity contribution in [1.82, 2.24) is 24.9 Å². The van der Waals surface area contributed by atoms with Crippen molar-refractivity contribution in [3.05, 3.63) is 39.7 Å². The standard InChI is InChI=1S/C24H29N5S/c1-12(2)18-19-15(5)21(17-6-7-24(17)9-25-10-24)30-23(19)28-20(18)16-8-29-22(26-11-27-29)14(4)13(16)3/h8,11-12,17,25,28H,6-7,9-10H2,1-5H3. The number of nitrogens with one attached hydrogen (secondary N) is 2. The van der Waals surface area contributed by atoms with Gasteiger partial charge in [-0.15, -0.1) is 11.3 Å². The number of nitrogens with zero attached hydrogens (tertiary/aromatic N) is 3.